The number of hydrogen-bond donors (Lipinski definition) is 7. The summed E-state index contributed by atoms with van der Waals surface area (Å²) in [5, 5.41) is 32.8. The number of oxime groups is 1. The van der Waals surface area contributed by atoms with Crippen LogP contribution in [0.3, 0.4) is 0 Å². The van der Waals surface area contributed by atoms with E-state index in [1.165, 1.54) is 48.5 Å². The molecule has 12 nitrogen and oxygen atoms in total. The number of phenolic OH excluding ortho intramolecular Hbond substituents is 2. The number of hydrogen-bond acceptors (Lipinski definition) is 8. The monoisotopic (exact) mass is 551 g/mol. The molecule has 7 N–H and O–H groups in total. The van der Waals surface area contributed by atoms with Crippen LogP contribution in [0.25, 0.3) is 11.1 Å². The molecule has 0 saturated heterocycles. The van der Waals surface area contributed by atoms with Crippen LogP contribution in [0.5, 0.6) is 11.5 Å². The molecule has 1 aliphatic rings. The van der Waals surface area contributed by atoms with Gasteiger partial charge in [0.1, 0.15) is 17.2 Å². The molecule has 0 unspecified atom stereocenters. The third kappa shape index (κ3) is 5.12. The van der Waals surface area contributed by atoms with E-state index >= 15 is 0 Å². The van der Waals surface area contributed by atoms with Crippen molar-refractivity contribution < 1.29 is 34.6 Å². The van der Waals surface area contributed by atoms with Crippen LogP contribution < -0.4 is 21.7 Å². The fourth-order valence-electron chi connectivity index (χ4n) is 4.32. The third-order valence-corrected chi connectivity index (χ3v) is 6.34. The molecule has 0 atom stereocenters. The molecule has 0 saturated carbocycles. The second-order valence-electron chi connectivity index (χ2n) is 8.82. The number of rotatable bonds is 4. The summed E-state index contributed by atoms with van der Waals surface area (Å²) in [6.07, 6.45) is 0. The number of hydrazine groups is 2. The molecule has 204 valence electrons. The number of fused-ring (bicyclic) bond motifs is 3. The molecule has 0 fully saturated rings. The molecule has 0 spiro atoms. The Morgan fingerprint density at radius 1 is 0.512 bits per heavy atom. The largest absolute Gasteiger partial charge is 0.507 e. The Morgan fingerprint density at radius 3 is 1.29 bits per heavy atom. The third-order valence-electron chi connectivity index (χ3n) is 6.34. The number of carbonyl (C=O) groups is 4. The predicted molar refractivity (Wildman–Crippen MR) is 145 cm³/mol. The molecule has 4 aromatic rings. The highest BCUT2D eigenvalue weighted by Gasteiger charge is 2.28. The Hall–Kier alpha value is -6.17. The summed E-state index contributed by atoms with van der Waals surface area (Å²) in [7, 11) is 0. The molecule has 1 aliphatic carbocycles. The summed E-state index contributed by atoms with van der Waals surface area (Å²) in [4.78, 5) is 50.0. The lowest BCUT2D eigenvalue weighted by molar-refractivity contribution is 0.0845. The highest BCUT2D eigenvalue weighted by atomic mass is 16.4. The highest BCUT2D eigenvalue weighted by Crippen LogP contribution is 2.38. The van der Waals surface area contributed by atoms with E-state index in [1.807, 2.05) is 0 Å². The topological polar surface area (TPSA) is 189 Å². The van der Waals surface area contributed by atoms with E-state index in [9.17, 15) is 34.6 Å². The zero-order chi connectivity index (χ0) is 29.1. The van der Waals surface area contributed by atoms with Gasteiger partial charge in [0.2, 0.25) is 0 Å². The van der Waals surface area contributed by atoms with Crippen molar-refractivity contribution >= 4 is 29.3 Å². The van der Waals surface area contributed by atoms with Crippen LogP contribution >= 0.6 is 0 Å². The Morgan fingerprint density at radius 2 is 0.902 bits per heavy atom. The first kappa shape index (κ1) is 26.4. The zero-order valence-electron chi connectivity index (χ0n) is 21.0. The van der Waals surface area contributed by atoms with Crippen molar-refractivity contribution in [3.8, 4) is 22.6 Å². The first-order chi connectivity index (χ1) is 19.8. The second kappa shape index (κ2) is 10.9. The van der Waals surface area contributed by atoms with Crippen molar-refractivity contribution in [1.29, 1.82) is 0 Å². The van der Waals surface area contributed by atoms with Gasteiger partial charge in [-0.15, -0.1) is 0 Å². The number of para-hydroxylation sites is 2. The number of nitrogens with zero attached hydrogens (tertiary/aromatic N) is 1. The van der Waals surface area contributed by atoms with E-state index in [1.54, 1.807) is 36.4 Å². The fraction of sp³-hybridized carbons (Fsp3) is 0. The Balaban J connectivity index is 1.30. The number of benzene rings is 4. The second-order valence-corrected chi connectivity index (χ2v) is 8.82. The van der Waals surface area contributed by atoms with Gasteiger partial charge in [-0.3, -0.25) is 40.9 Å². The van der Waals surface area contributed by atoms with Gasteiger partial charge in [-0.25, -0.2) is 0 Å². The minimum atomic E-state index is -0.717. The number of aromatic hydroxyl groups is 2. The minimum absolute atomic E-state index is 0.0236. The van der Waals surface area contributed by atoms with Crippen LogP contribution in [-0.4, -0.2) is 44.8 Å². The van der Waals surface area contributed by atoms with Gasteiger partial charge in [0, 0.05) is 22.3 Å². The van der Waals surface area contributed by atoms with E-state index in [0.29, 0.717) is 22.3 Å². The standard InChI is InChI=1S/C29H21N5O7/c35-23-7-3-1-5-19(23)28(39)32-30-26(37)15-9-11-17-18-12-10-16(14-22(18)25(34-41)21(17)13-15)27(38)31-33-29(40)20-6-2-4-8-24(20)36/h1-14,35-36,41H,(H,30,37)(H,31,38)(H,32,39)(H,33,40). The van der Waals surface area contributed by atoms with Crippen molar-refractivity contribution in [2.24, 2.45) is 5.16 Å². The molecule has 41 heavy (non-hydrogen) atoms. The summed E-state index contributed by atoms with van der Waals surface area (Å²) in [6.45, 7) is 0. The molecule has 4 amide bonds. The lowest BCUT2D eigenvalue weighted by Crippen LogP contribution is -2.41. The smallest absolute Gasteiger partial charge is 0.273 e. The van der Waals surface area contributed by atoms with Gasteiger partial charge in [0.15, 0.2) is 0 Å². The zero-order valence-corrected chi connectivity index (χ0v) is 21.0. The molecule has 0 heterocycles. The van der Waals surface area contributed by atoms with Crippen LogP contribution in [-0.2, 0) is 0 Å². The van der Waals surface area contributed by atoms with E-state index in [0.717, 1.165) is 0 Å². The summed E-state index contributed by atoms with van der Waals surface area (Å²) in [5.41, 5.74) is 11.5. The van der Waals surface area contributed by atoms with Gasteiger partial charge in [0.05, 0.1) is 11.1 Å². The molecule has 0 radical (unpaired) electrons. The summed E-state index contributed by atoms with van der Waals surface area (Å²) < 4.78 is 0. The van der Waals surface area contributed by atoms with Crippen molar-refractivity contribution in [2.75, 3.05) is 0 Å². The van der Waals surface area contributed by atoms with Crippen molar-refractivity contribution in [2.45, 2.75) is 0 Å². The maximum absolute atomic E-state index is 12.7. The molecule has 0 aromatic heterocycles. The van der Waals surface area contributed by atoms with Gasteiger partial charge in [-0.05, 0) is 59.7 Å². The van der Waals surface area contributed by atoms with E-state index < -0.39 is 23.6 Å². The van der Waals surface area contributed by atoms with E-state index in [4.69, 9.17) is 0 Å². The minimum Gasteiger partial charge on any atom is -0.507 e. The molecular weight excluding hydrogens is 530 g/mol. The van der Waals surface area contributed by atoms with E-state index in [-0.39, 0.29) is 39.5 Å². The molecule has 4 aromatic carbocycles. The number of carbonyl (C=O) groups excluding carboxylic acids is 4. The van der Waals surface area contributed by atoms with E-state index in [2.05, 4.69) is 26.9 Å². The number of nitrogens with one attached hydrogen (secondary N) is 4. The summed E-state index contributed by atoms with van der Waals surface area (Å²) >= 11 is 0. The average molecular weight is 552 g/mol. The molecular formula is C29H21N5O7. The fourth-order valence-corrected chi connectivity index (χ4v) is 4.32. The molecule has 5 rings (SSSR count). The lowest BCUT2D eigenvalue weighted by atomic mass is 10.0. The Labute approximate surface area is 231 Å². The maximum atomic E-state index is 12.7. The van der Waals surface area contributed by atoms with Crippen LogP contribution in [0.2, 0.25) is 0 Å². The van der Waals surface area contributed by atoms with Crippen LogP contribution in [0.4, 0.5) is 0 Å². The first-order valence-corrected chi connectivity index (χ1v) is 12.1. The maximum Gasteiger partial charge on any atom is 0.273 e. The molecule has 0 bridgehead atoms. The number of phenols is 2. The van der Waals surface area contributed by atoms with Crippen LogP contribution in [0.1, 0.15) is 52.6 Å². The normalized spacial score (nSPS) is 11.1. The summed E-state index contributed by atoms with van der Waals surface area (Å²) in [5.74, 6) is -3.25. The van der Waals surface area contributed by atoms with Crippen LogP contribution in [0.15, 0.2) is 90.1 Å². The highest BCUT2D eigenvalue weighted by molar-refractivity contribution is 6.25. The van der Waals surface area contributed by atoms with Gasteiger partial charge in [0.25, 0.3) is 23.6 Å². The predicted octanol–water partition coefficient (Wildman–Crippen LogP) is 2.45. The number of amides is 4. The lowest BCUT2D eigenvalue weighted by Gasteiger charge is -2.09. The van der Waals surface area contributed by atoms with Gasteiger partial charge < -0.3 is 15.4 Å². The first-order valence-electron chi connectivity index (χ1n) is 12.1. The SMILES string of the molecule is O=C(NNC(=O)c1ccccc1O)c1ccc2c(c1)C(=NO)c1cc(C(=O)NNC(=O)c3ccccc3O)ccc1-2. The average Bonchev–Trinajstić information content (AvgIpc) is 3.30. The van der Waals surface area contributed by atoms with Gasteiger partial charge in [-0.1, -0.05) is 41.6 Å². The summed E-state index contributed by atoms with van der Waals surface area (Å²) in [6, 6.07) is 20.9. The van der Waals surface area contributed by atoms with Crippen LogP contribution in [0, 0.1) is 0 Å². The van der Waals surface area contributed by atoms with Gasteiger partial charge >= 0.3 is 0 Å². The van der Waals surface area contributed by atoms with Crippen molar-refractivity contribution in [3.05, 3.63) is 118 Å². The van der Waals surface area contributed by atoms with Crippen molar-refractivity contribution in [3.63, 3.8) is 0 Å². The Kier molecular flexibility index (Phi) is 7.03. The van der Waals surface area contributed by atoms with Gasteiger partial charge in [-0.2, -0.15) is 0 Å². The quantitative estimate of drug-likeness (QED) is 0.132. The van der Waals surface area contributed by atoms with Crippen molar-refractivity contribution in [1.82, 2.24) is 21.7 Å². The Bertz CT molecular complexity index is 1640. The molecule has 0 aliphatic heterocycles. The molecule has 12 heteroatoms.